The minimum atomic E-state index is -1.32. The molecular formula is C39H47FN8O7. The number of nitrogens with zero attached hydrogens (tertiary/aromatic N) is 4. The van der Waals surface area contributed by atoms with Crippen LogP contribution in [0.2, 0.25) is 0 Å². The van der Waals surface area contributed by atoms with E-state index in [0.29, 0.717) is 54.4 Å². The zero-order valence-corrected chi connectivity index (χ0v) is 31.5. The van der Waals surface area contributed by atoms with Gasteiger partial charge in [-0.15, -0.1) is 0 Å². The Kier molecular flexibility index (Phi) is 11.8. The molecule has 0 spiro atoms. The third-order valence-electron chi connectivity index (χ3n) is 10.5. The number of benzene rings is 2. The molecule has 55 heavy (non-hydrogen) atoms. The van der Waals surface area contributed by atoms with Gasteiger partial charge in [0.1, 0.15) is 29.5 Å². The van der Waals surface area contributed by atoms with Gasteiger partial charge in [-0.05, 0) is 67.3 Å². The predicted molar refractivity (Wildman–Crippen MR) is 200 cm³/mol. The van der Waals surface area contributed by atoms with Crippen molar-refractivity contribution in [2.45, 2.75) is 76.7 Å². The predicted octanol–water partition coefficient (Wildman–Crippen LogP) is 5.65. The molecule has 2 aliphatic rings. The lowest BCUT2D eigenvalue weighted by Gasteiger charge is -2.30. The molecule has 4 amide bonds. The van der Waals surface area contributed by atoms with Crippen LogP contribution in [0.1, 0.15) is 70.2 Å². The molecule has 15 nitrogen and oxygen atoms in total. The Balaban J connectivity index is 1.13. The number of imidazole rings is 2. The van der Waals surface area contributed by atoms with Gasteiger partial charge in [0.2, 0.25) is 11.8 Å². The first kappa shape index (κ1) is 38.9. The summed E-state index contributed by atoms with van der Waals surface area (Å²) >= 11 is 0. The largest absolute Gasteiger partial charge is 0.465 e. The molecule has 4 heterocycles. The zero-order chi connectivity index (χ0) is 39.4. The summed E-state index contributed by atoms with van der Waals surface area (Å²) in [7, 11) is 2.68. The van der Waals surface area contributed by atoms with Gasteiger partial charge in [0, 0.05) is 25.8 Å². The number of alkyl carbamates (subject to hydrolysis) is 1. The molecule has 5 atom stereocenters. The molecule has 16 heteroatoms. The van der Waals surface area contributed by atoms with E-state index in [1.165, 1.54) is 26.5 Å². The smallest absolute Gasteiger partial charge is 0.407 e. The van der Waals surface area contributed by atoms with Crippen molar-refractivity contribution in [1.82, 2.24) is 40.4 Å². The fourth-order valence-corrected chi connectivity index (χ4v) is 7.39. The quantitative estimate of drug-likeness (QED) is 0.121. The van der Waals surface area contributed by atoms with Gasteiger partial charge in [-0.2, -0.15) is 0 Å². The average molecular weight is 759 g/mol. The number of rotatable bonds is 12. The molecular weight excluding hydrogens is 711 g/mol. The fourth-order valence-electron chi connectivity index (χ4n) is 7.39. The number of amides is 4. The molecule has 2 aromatic heterocycles. The van der Waals surface area contributed by atoms with Crippen molar-refractivity contribution in [3.05, 3.63) is 72.3 Å². The topological polar surface area (TPSA) is 195 Å². The Morgan fingerprint density at radius 2 is 1.35 bits per heavy atom. The maximum Gasteiger partial charge on any atom is 0.407 e. The number of nitrogens with one attached hydrogen (secondary N) is 4. The van der Waals surface area contributed by atoms with Crippen molar-refractivity contribution < 1.29 is 38.1 Å². The highest BCUT2D eigenvalue weighted by Gasteiger charge is 2.39. The number of carbonyl (C=O) groups excluding carboxylic acids is 3. The average Bonchev–Trinajstić information content (AvgIpc) is 4.02. The van der Waals surface area contributed by atoms with E-state index in [4.69, 9.17) is 9.47 Å². The molecule has 5 N–H and O–H groups in total. The molecule has 0 unspecified atom stereocenters. The van der Waals surface area contributed by atoms with Gasteiger partial charge in [0.25, 0.3) is 0 Å². The van der Waals surface area contributed by atoms with Gasteiger partial charge in [0.15, 0.2) is 0 Å². The van der Waals surface area contributed by atoms with E-state index < -0.39 is 48.1 Å². The molecule has 0 radical (unpaired) electrons. The van der Waals surface area contributed by atoms with Crippen LogP contribution in [-0.2, 0) is 19.1 Å². The van der Waals surface area contributed by atoms with Crippen LogP contribution in [0, 0.1) is 11.7 Å². The lowest BCUT2D eigenvalue weighted by Crippen LogP contribution is -2.53. The number of hydrogen-bond acceptors (Lipinski definition) is 8. The van der Waals surface area contributed by atoms with Gasteiger partial charge >= 0.3 is 12.2 Å². The third kappa shape index (κ3) is 8.33. The highest BCUT2D eigenvalue weighted by Crippen LogP contribution is 2.35. The van der Waals surface area contributed by atoms with E-state index in [-0.39, 0.29) is 17.9 Å². The number of halogens is 1. The molecule has 0 saturated carbocycles. The molecule has 2 aromatic carbocycles. The van der Waals surface area contributed by atoms with Crippen LogP contribution >= 0.6 is 0 Å². The Morgan fingerprint density at radius 3 is 1.89 bits per heavy atom. The van der Waals surface area contributed by atoms with Crippen LogP contribution in [-0.4, -0.2) is 104 Å². The van der Waals surface area contributed by atoms with Crippen molar-refractivity contribution in [1.29, 1.82) is 0 Å². The first-order valence-corrected chi connectivity index (χ1v) is 18.4. The summed E-state index contributed by atoms with van der Waals surface area (Å²) in [5.41, 5.74) is 3.90. The number of ether oxygens (including phenoxy) is 2. The van der Waals surface area contributed by atoms with Crippen LogP contribution < -0.4 is 10.6 Å². The molecule has 2 fully saturated rings. The van der Waals surface area contributed by atoms with E-state index in [9.17, 15) is 24.3 Å². The minimum absolute atomic E-state index is 0.135. The zero-order valence-electron chi connectivity index (χ0n) is 31.5. The van der Waals surface area contributed by atoms with Gasteiger partial charge in [-0.1, -0.05) is 44.2 Å². The fraction of sp³-hybridized carbons (Fsp3) is 0.436. The maximum atomic E-state index is 15.7. The van der Waals surface area contributed by atoms with E-state index >= 15 is 4.39 Å². The lowest BCUT2D eigenvalue weighted by atomic mass is 10.0. The van der Waals surface area contributed by atoms with Crippen LogP contribution in [0.15, 0.2) is 54.9 Å². The van der Waals surface area contributed by atoms with Gasteiger partial charge in [0.05, 0.1) is 49.1 Å². The third-order valence-corrected chi connectivity index (χ3v) is 10.5. The van der Waals surface area contributed by atoms with E-state index in [2.05, 4.69) is 30.6 Å². The van der Waals surface area contributed by atoms with Crippen LogP contribution in [0.4, 0.5) is 14.0 Å². The first-order chi connectivity index (χ1) is 26.4. The number of aromatic nitrogens is 4. The monoisotopic (exact) mass is 758 g/mol. The number of H-pyrrole nitrogens is 2. The normalized spacial score (nSPS) is 18.6. The van der Waals surface area contributed by atoms with Crippen molar-refractivity contribution >= 4 is 24.0 Å². The van der Waals surface area contributed by atoms with Crippen molar-refractivity contribution in [2.75, 3.05) is 27.3 Å². The lowest BCUT2D eigenvalue weighted by molar-refractivity contribution is -0.137. The second-order valence-corrected chi connectivity index (χ2v) is 14.2. The molecule has 6 rings (SSSR count). The van der Waals surface area contributed by atoms with Gasteiger partial charge in [-0.25, -0.2) is 23.9 Å². The highest BCUT2D eigenvalue weighted by atomic mass is 19.1. The maximum absolute atomic E-state index is 15.7. The van der Waals surface area contributed by atoms with Crippen molar-refractivity contribution in [3.8, 4) is 33.6 Å². The van der Waals surface area contributed by atoms with Gasteiger partial charge < -0.3 is 45.0 Å². The van der Waals surface area contributed by atoms with Crippen LogP contribution in [0.3, 0.4) is 0 Å². The molecule has 4 aromatic rings. The first-order valence-electron chi connectivity index (χ1n) is 18.4. The number of methoxy groups -OCH3 is 2. The Hall–Kier alpha value is -5.77. The standard InChI is InChI=1S/C39H47FN8O7/c1-21(2)32(46-39(53)55-5)36(49)47-16-6-8-30(47)34-41-19-28(43-34)24-12-10-23(11-13-24)25-14-15-26(27(40)18-25)29-20-42-35(44-29)31-9-7-17-48(31)37(50)33(22(3)54-4)45-38(51)52/h10-15,18-22,30-33,45H,6-9,16-17H2,1-5H3,(H,41,43)(H,42,44)(H,46,53)(H,51,52)/t22-,30+,31+,32+,33+/m1/s1. The SMILES string of the molecule is COC(=O)N[C@H](C(=O)N1CCC[C@H]1c1ncc(-c2ccc(-c3ccc(-c4cnc([C@@H]5CCCN5C(=O)[C@@H](NC(=O)O)[C@@H](C)OC)[nH]4)c(F)c3)cc2)[nH]1)C(C)C. The minimum Gasteiger partial charge on any atom is -0.465 e. The van der Waals surface area contributed by atoms with E-state index in [1.807, 2.05) is 44.2 Å². The Labute approximate surface area is 318 Å². The number of carbonyl (C=O) groups is 4. The summed E-state index contributed by atoms with van der Waals surface area (Å²) in [6.07, 6.45) is 3.47. The summed E-state index contributed by atoms with van der Waals surface area (Å²) < 4.78 is 25.7. The Bertz CT molecular complexity index is 2010. The number of carboxylic acid groups (broad SMARTS) is 1. The summed E-state index contributed by atoms with van der Waals surface area (Å²) in [6.45, 7) is 6.35. The summed E-state index contributed by atoms with van der Waals surface area (Å²) in [5, 5.41) is 14.2. The van der Waals surface area contributed by atoms with Crippen molar-refractivity contribution in [3.63, 3.8) is 0 Å². The summed E-state index contributed by atoms with van der Waals surface area (Å²) in [5.74, 6) is -0.0240. The van der Waals surface area contributed by atoms with Gasteiger partial charge in [-0.3, -0.25) is 9.59 Å². The highest BCUT2D eigenvalue weighted by molar-refractivity contribution is 5.87. The van der Waals surface area contributed by atoms with Crippen molar-refractivity contribution in [2.24, 2.45) is 5.92 Å². The second kappa shape index (κ2) is 16.7. The molecule has 292 valence electrons. The Morgan fingerprint density at radius 1 is 0.800 bits per heavy atom. The molecule has 0 bridgehead atoms. The van der Waals surface area contributed by atoms with E-state index in [1.54, 1.807) is 29.0 Å². The summed E-state index contributed by atoms with van der Waals surface area (Å²) in [6, 6.07) is 10.1. The van der Waals surface area contributed by atoms with Crippen LogP contribution in [0.25, 0.3) is 33.6 Å². The second-order valence-electron chi connectivity index (χ2n) is 14.2. The number of hydrogen-bond donors (Lipinski definition) is 5. The number of aromatic amines is 2. The number of likely N-dealkylation sites (tertiary alicyclic amines) is 2. The molecule has 0 aliphatic carbocycles. The van der Waals surface area contributed by atoms with Crippen LogP contribution in [0.5, 0.6) is 0 Å². The van der Waals surface area contributed by atoms with E-state index in [0.717, 1.165) is 29.7 Å². The summed E-state index contributed by atoms with van der Waals surface area (Å²) in [4.78, 5) is 69.3. The molecule has 2 saturated heterocycles. The molecule has 2 aliphatic heterocycles.